The summed E-state index contributed by atoms with van der Waals surface area (Å²) >= 11 is 6.00. The van der Waals surface area contributed by atoms with Gasteiger partial charge in [0, 0.05) is 30.0 Å². The first-order valence-electron chi connectivity index (χ1n) is 8.09. The van der Waals surface area contributed by atoms with Gasteiger partial charge in [0.05, 0.1) is 5.71 Å². The van der Waals surface area contributed by atoms with Crippen LogP contribution in [-0.4, -0.2) is 17.7 Å². The van der Waals surface area contributed by atoms with Crippen molar-refractivity contribution < 1.29 is 4.39 Å². The van der Waals surface area contributed by atoms with Gasteiger partial charge in [-0.15, -0.1) is 0 Å². The van der Waals surface area contributed by atoms with E-state index < -0.39 is 0 Å². The summed E-state index contributed by atoms with van der Waals surface area (Å²) < 4.78 is 14.2. The number of allylic oxidation sites excluding steroid dienone is 3. The molecule has 2 aromatic rings. The van der Waals surface area contributed by atoms with Crippen LogP contribution in [0.25, 0.3) is 5.57 Å². The summed E-state index contributed by atoms with van der Waals surface area (Å²) in [6, 6.07) is 6.41. The number of hydrogen-bond donors (Lipinski definition) is 0. The molecular formula is C21H22ClFN2. The van der Waals surface area contributed by atoms with Crippen LogP contribution in [0.1, 0.15) is 43.4 Å². The molecule has 2 rings (SSSR count). The molecule has 1 aromatic heterocycles. The van der Waals surface area contributed by atoms with E-state index in [-0.39, 0.29) is 5.82 Å². The minimum Gasteiger partial charge on any atom is -0.288 e. The monoisotopic (exact) mass is 356 g/mol. The lowest BCUT2D eigenvalue weighted by Crippen LogP contribution is -2.03. The highest BCUT2D eigenvalue weighted by Crippen LogP contribution is 2.29. The molecule has 25 heavy (non-hydrogen) atoms. The van der Waals surface area contributed by atoms with Crippen LogP contribution >= 0.6 is 11.6 Å². The van der Waals surface area contributed by atoms with Crippen LogP contribution in [0.4, 0.5) is 4.39 Å². The van der Waals surface area contributed by atoms with Gasteiger partial charge in [-0.1, -0.05) is 32.0 Å². The van der Waals surface area contributed by atoms with Crippen molar-refractivity contribution in [1.82, 2.24) is 4.98 Å². The highest BCUT2D eigenvalue weighted by Gasteiger charge is 2.13. The van der Waals surface area contributed by atoms with Crippen molar-refractivity contribution in [3.8, 4) is 0 Å². The average molecular weight is 357 g/mol. The standard InChI is InChI=1S/C21H22ClFN2/c1-13(2)19-12-25-9-8-17(19)15(4)14(3)10-21(24-5)18-11-16(22)6-7-20(18)23/h6-13H,4H2,1-3,5H3. The third kappa shape index (κ3) is 4.43. The number of aromatic nitrogens is 1. The van der Waals surface area contributed by atoms with Crippen LogP contribution in [-0.2, 0) is 0 Å². The maximum absolute atomic E-state index is 14.2. The van der Waals surface area contributed by atoms with Crippen LogP contribution in [0, 0.1) is 5.82 Å². The van der Waals surface area contributed by atoms with E-state index in [1.54, 1.807) is 19.3 Å². The third-order valence-corrected chi connectivity index (χ3v) is 4.31. The molecule has 0 aliphatic carbocycles. The predicted molar refractivity (Wildman–Crippen MR) is 105 cm³/mol. The van der Waals surface area contributed by atoms with Crippen molar-refractivity contribution in [2.45, 2.75) is 26.7 Å². The van der Waals surface area contributed by atoms with E-state index in [0.717, 1.165) is 22.3 Å². The van der Waals surface area contributed by atoms with Gasteiger partial charge in [-0.3, -0.25) is 9.98 Å². The second-order valence-corrected chi connectivity index (χ2v) is 6.59. The topological polar surface area (TPSA) is 25.2 Å². The summed E-state index contributed by atoms with van der Waals surface area (Å²) in [5.41, 5.74) is 4.85. The van der Waals surface area contributed by atoms with Gasteiger partial charge in [-0.25, -0.2) is 4.39 Å². The summed E-state index contributed by atoms with van der Waals surface area (Å²) in [4.78, 5) is 8.43. The first kappa shape index (κ1) is 19.1. The summed E-state index contributed by atoms with van der Waals surface area (Å²) in [7, 11) is 1.63. The van der Waals surface area contributed by atoms with E-state index in [9.17, 15) is 4.39 Å². The molecule has 1 heterocycles. The Hall–Kier alpha value is -2.26. The zero-order valence-electron chi connectivity index (χ0n) is 15.0. The average Bonchev–Trinajstić information content (AvgIpc) is 2.61. The van der Waals surface area contributed by atoms with E-state index in [2.05, 4.69) is 30.4 Å². The van der Waals surface area contributed by atoms with Gasteiger partial charge in [0.25, 0.3) is 0 Å². The molecule has 0 amide bonds. The lowest BCUT2D eigenvalue weighted by Gasteiger charge is -2.15. The number of benzene rings is 1. The number of halogens is 2. The maximum Gasteiger partial charge on any atom is 0.132 e. The third-order valence-electron chi connectivity index (χ3n) is 4.07. The second kappa shape index (κ2) is 8.21. The molecule has 4 heteroatoms. The molecule has 0 radical (unpaired) electrons. The quantitative estimate of drug-likeness (QED) is 0.471. The fourth-order valence-electron chi connectivity index (χ4n) is 2.60. The van der Waals surface area contributed by atoms with Gasteiger partial charge >= 0.3 is 0 Å². The minimum atomic E-state index is -0.355. The van der Waals surface area contributed by atoms with Gasteiger partial charge in [-0.05, 0) is 65.5 Å². The Morgan fingerprint density at radius 2 is 2.00 bits per heavy atom. The Morgan fingerprint density at radius 3 is 2.64 bits per heavy atom. The van der Waals surface area contributed by atoms with Crippen molar-refractivity contribution in [1.29, 1.82) is 0 Å². The minimum absolute atomic E-state index is 0.331. The zero-order valence-corrected chi connectivity index (χ0v) is 15.7. The smallest absolute Gasteiger partial charge is 0.132 e. The Kier molecular flexibility index (Phi) is 6.27. The molecule has 0 bridgehead atoms. The van der Waals surface area contributed by atoms with Crippen molar-refractivity contribution in [3.63, 3.8) is 0 Å². The molecule has 0 N–H and O–H groups in total. The lowest BCUT2D eigenvalue weighted by atomic mass is 9.91. The Morgan fingerprint density at radius 1 is 1.28 bits per heavy atom. The highest BCUT2D eigenvalue weighted by molar-refractivity contribution is 6.31. The largest absolute Gasteiger partial charge is 0.288 e. The SMILES string of the molecule is C=C(C(C)=CC(=NC)c1cc(Cl)ccc1F)c1ccncc1C(C)C. The van der Waals surface area contributed by atoms with Crippen LogP contribution < -0.4 is 0 Å². The molecule has 0 unspecified atom stereocenters. The zero-order chi connectivity index (χ0) is 18.6. The van der Waals surface area contributed by atoms with E-state index in [4.69, 9.17) is 11.6 Å². The first-order valence-corrected chi connectivity index (χ1v) is 8.47. The molecule has 0 atom stereocenters. The van der Waals surface area contributed by atoms with Gasteiger partial charge in [0.2, 0.25) is 0 Å². The second-order valence-electron chi connectivity index (χ2n) is 6.16. The first-order chi connectivity index (χ1) is 11.8. The van der Waals surface area contributed by atoms with Gasteiger partial charge in [0.1, 0.15) is 5.82 Å². The van der Waals surface area contributed by atoms with E-state index in [1.807, 2.05) is 25.3 Å². The number of hydrogen-bond acceptors (Lipinski definition) is 2. The van der Waals surface area contributed by atoms with Gasteiger partial charge in [-0.2, -0.15) is 0 Å². The predicted octanol–water partition coefficient (Wildman–Crippen LogP) is 6.08. The van der Waals surface area contributed by atoms with Crippen LogP contribution in [0.3, 0.4) is 0 Å². The molecular weight excluding hydrogens is 335 g/mol. The molecule has 1 aromatic carbocycles. The summed E-state index contributed by atoms with van der Waals surface area (Å²) in [6.45, 7) is 10.4. The molecule has 0 fully saturated rings. The molecule has 2 nitrogen and oxygen atoms in total. The van der Waals surface area contributed by atoms with Crippen molar-refractivity contribution in [3.05, 3.63) is 82.4 Å². The summed E-state index contributed by atoms with van der Waals surface area (Å²) in [5, 5.41) is 0.471. The van der Waals surface area contributed by atoms with E-state index >= 15 is 0 Å². The van der Waals surface area contributed by atoms with Crippen molar-refractivity contribution in [2.75, 3.05) is 7.05 Å². The van der Waals surface area contributed by atoms with Crippen LogP contribution in [0.5, 0.6) is 0 Å². The van der Waals surface area contributed by atoms with Gasteiger partial charge < -0.3 is 0 Å². The molecule has 0 saturated heterocycles. The lowest BCUT2D eigenvalue weighted by molar-refractivity contribution is 0.625. The van der Waals surface area contributed by atoms with Crippen molar-refractivity contribution >= 4 is 22.9 Å². The number of aliphatic imine (C=N–C) groups is 1. The summed E-state index contributed by atoms with van der Waals surface area (Å²) in [5.74, 6) is -0.0237. The molecule has 0 aliphatic heterocycles. The van der Waals surface area contributed by atoms with Gasteiger partial charge in [0.15, 0.2) is 0 Å². The summed E-state index contributed by atoms with van der Waals surface area (Å²) in [6.07, 6.45) is 5.46. The number of pyridine rings is 1. The fraction of sp³-hybridized carbons (Fsp3) is 0.238. The molecule has 130 valence electrons. The molecule has 0 spiro atoms. The van der Waals surface area contributed by atoms with E-state index in [0.29, 0.717) is 22.2 Å². The van der Waals surface area contributed by atoms with Crippen molar-refractivity contribution in [2.24, 2.45) is 4.99 Å². The fourth-order valence-corrected chi connectivity index (χ4v) is 2.77. The normalized spacial score (nSPS) is 12.6. The molecule has 0 aliphatic rings. The van der Waals surface area contributed by atoms with Crippen LogP contribution in [0.15, 0.2) is 59.9 Å². The van der Waals surface area contributed by atoms with E-state index in [1.165, 1.54) is 12.1 Å². The Labute approximate surface area is 153 Å². The molecule has 0 saturated carbocycles. The number of rotatable bonds is 5. The van der Waals surface area contributed by atoms with Crippen LogP contribution in [0.2, 0.25) is 5.02 Å². The maximum atomic E-state index is 14.2. The highest BCUT2D eigenvalue weighted by atomic mass is 35.5. The Bertz CT molecular complexity index is 851. The Balaban J connectivity index is 2.43. The number of nitrogens with zero attached hydrogens (tertiary/aromatic N) is 2.